The van der Waals surface area contributed by atoms with Crippen LogP contribution in [-0.2, 0) is 11.3 Å². The molecule has 1 aromatic carbocycles. The Morgan fingerprint density at radius 3 is 2.75 bits per heavy atom. The van der Waals surface area contributed by atoms with Crippen molar-refractivity contribution in [3.8, 4) is 0 Å². The summed E-state index contributed by atoms with van der Waals surface area (Å²) < 4.78 is 5.29. The van der Waals surface area contributed by atoms with Gasteiger partial charge in [0.05, 0.1) is 10.7 Å². The molecule has 20 heavy (non-hydrogen) atoms. The molecule has 0 saturated carbocycles. The number of nitrogens with zero attached hydrogens (tertiary/aromatic N) is 2. The number of para-hydroxylation sites is 1. The normalized spacial score (nSPS) is 10.6. The number of rotatable bonds is 5. The van der Waals surface area contributed by atoms with Crippen molar-refractivity contribution in [2.45, 2.75) is 20.5 Å². The maximum absolute atomic E-state index is 6.18. The van der Waals surface area contributed by atoms with Crippen LogP contribution < -0.4 is 5.32 Å². The summed E-state index contributed by atoms with van der Waals surface area (Å²) in [5, 5.41) is 4.17. The lowest BCUT2D eigenvalue weighted by atomic mass is 10.2. The van der Waals surface area contributed by atoms with E-state index < -0.39 is 0 Å². The van der Waals surface area contributed by atoms with Crippen molar-refractivity contribution in [2.75, 3.05) is 11.9 Å². The Labute approximate surface area is 128 Å². The van der Waals surface area contributed by atoms with E-state index in [0.717, 1.165) is 11.3 Å². The fourth-order valence-corrected chi connectivity index (χ4v) is 2.17. The first-order valence-corrected chi connectivity index (χ1v) is 6.99. The number of aryl methyl sites for hydroxylation is 1. The second kappa shape index (κ2) is 6.88. The molecular formula is C14H15Cl2N3O. The lowest BCUT2D eigenvalue weighted by Gasteiger charge is -2.11. The van der Waals surface area contributed by atoms with Gasteiger partial charge in [0.1, 0.15) is 17.6 Å². The fraction of sp³-hybridized carbons (Fsp3) is 0.286. The number of hydrogen-bond acceptors (Lipinski definition) is 4. The highest BCUT2D eigenvalue weighted by atomic mass is 35.5. The smallest absolute Gasteiger partial charge is 0.158 e. The number of ether oxygens (including phenoxy) is 1. The van der Waals surface area contributed by atoms with Crippen LogP contribution in [0, 0.1) is 6.92 Å². The Kier molecular flexibility index (Phi) is 5.17. The van der Waals surface area contributed by atoms with E-state index in [1.54, 1.807) is 6.07 Å². The largest absolute Gasteiger partial charge is 0.374 e. The molecule has 4 nitrogen and oxygen atoms in total. The third-order valence-electron chi connectivity index (χ3n) is 2.65. The van der Waals surface area contributed by atoms with Crippen molar-refractivity contribution in [2.24, 2.45) is 0 Å². The molecule has 106 valence electrons. The van der Waals surface area contributed by atoms with Crippen molar-refractivity contribution in [3.05, 3.63) is 45.8 Å². The number of aromatic nitrogens is 2. The summed E-state index contributed by atoms with van der Waals surface area (Å²) in [5.41, 5.74) is 1.84. The molecule has 0 radical (unpaired) electrons. The standard InChI is InChI=1S/C14H15Cl2N3O/c1-3-20-8-13-17-11(16)7-12(18-13)19-14-9(2)5-4-6-10(14)15/h4-7H,3,8H2,1-2H3,(H,17,18,19). The summed E-state index contributed by atoms with van der Waals surface area (Å²) >= 11 is 12.2. The highest BCUT2D eigenvalue weighted by Gasteiger charge is 2.08. The summed E-state index contributed by atoms with van der Waals surface area (Å²) in [6.45, 7) is 4.81. The van der Waals surface area contributed by atoms with Gasteiger partial charge in [-0.1, -0.05) is 35.3 Å². The molecule has 1 heterocycles. The van der Waals surface area contributed by atoms with Crippen LogP contribution >= 0.6 is 23.2 Å². The van der Waals surface area contributed by atoms with E-state index in [1.807, 2.05) is 32.0 Å². The number of nitrogens with one attached hydrogen (secondary N) is 1. The molecule has 1 aromatic heterocycles. The zero-order valence-electron chi connectivity index (χ0n) is 11.3. The zero-order chi connectivity index (χ0) is 14.5. The Balaban J connectivity index is 2.27. The van der Waals surface area contributed by atoms with Gasteiger partial charge in [0, 0.05) is 12.7 Å². The number of benzene rings is 1. The van der Waals surface area contributed by atoms with Gasteiger partial charge in [0.2, 0.25) is 0 Å². The van der Waals surface area contributed by atoms with Crippen molar-refractivity contribution in [3.63, 3.8) is 0 Å². The van der Waals surface area contributed by atoms with Gasteiger partial charge < -0.3 is 10.1 Å². The van der Waals surface area contributed by atoms with Gasteiger partial charge in [-0.15, -0.1) is 0 Å². The number of anilines is 2. The molecule has 0 fully saturated rings. The third kappa shape index (κ3) is 3.82. The number of halogens is 2. The van der Waals surface area contributed by atoms with Crippen molar-refractivity contribution >= 4 is 34.7 Å². The molecule has 6 heteroatoms. The van der Waals surface area contributed by atoms with Crippen molar-refractivity contribution < 1.29 is 4.74 Å². The Bertz CT molecular complexity index is 585. The minimum absolute atomic E-state index is 0.327. The average Bonchev–Trinajstić information content (AvgIpc) is 2.40. The molecule has 0 bridgehead atoms. The molecule has 0 unspecified atom stereocenters. The summed E-state index contributed by atoms with van der Waals surface area (Å²) in [7, 11) is 0. The molecule has 0 spiro atoms. The molecule has 0 aliphatic carbocycles. The highest BCUT2D eigenvalue weighted by molar-refractivity contribution is 6.33. The van der Waals surface area contributed by atoms with Crippen LogP contribution in [0.1, 0.15) is 18.3 Å². The molecule has 0 aliphatic heterocycles. The van der Waals surface area contributed by atoms with Crippen LogP contribution in [0.3, 0.4) is 0 Å². The van der Waals surface area contributed by atoms with Crippen molar-refractivity contribution in [1.29, 1.82) is 0 Å². The molecule has 0 amide bonds. The van der Waals surface area contributed by atoms with E-state index in [2.05, 4.69) is 15.3 Å². The topological polar surface area (TPSA) is 47.0 Å². The maximum Gasteiger partial charge on any atom is 0.158 e. The van der Waals surface area contributed by atoms with E-state index in [1.165, 1.54) is 0 Å². The second-order valence-corrected chi connectivity index (χ2v) is 4.98. The Hall–Kier alpha value is -1.36. The molecular weight excluding hydrogens is 297 g/mol. The van der Waals surface area contributed by atoms with Gasteiger partial charge in [-0.05, 0) is 25.5 Å². The van der Waals surface area contributed by atoms with Gasteiger partial charge >= 0.3 is 0 Å². The first-order valence-electron chi connectivity index (χ1n) is 6.23. The van der Waals surface area contributed by atoms with Crippen LogP contribution in [0.5, 0.6) is 0 Å². The van der Waals surface area contributed by atoms with E-state index in [0.29, 0.717) is 35.0 Å². The second-order valence-electron chi connectivity index (χ2n) is 4.19. The molecule has 0 aliphatic rings. The molecule has 0 atom stereocenters. The highest BCUT2D eigenvalue weighted by Crippen LogP contribution is 2.28. The maximum atomic E-state index is 6.18. The summed E-state index contributed by atoms with van der Waals surface area (Å²) in [6, 6.07) is 7.34. The van der Waals surface area contributed by atoms with Gasteiger partial charge in [-0.2, -0.15) is 0 Å². The van der Waals surface area contributed by atoms with Gasteiger partial charge in [0.25, 0.3) is 0 Å². The predicted molar refractivity (Wildman–Crippen MR) is 81.8 cm³/mol. The van der Waals surface area contributed by atoms with E-state index in [4.69, 9.17) is 27.9 Å². The fourth-order valence-electron chi connectivity index (χ4n) is 1.70. The zero-order valence-corrected chi connectivity index (χ0v) is 12.8. The summed E-state index contributed by atoms with van der Waals surface area (Å²) in [5.74, 6) is 1.13. The molecule has 0 saturated heterocycles. The van der Waals surface area contributed by atoms with Crippen LogP contribution in [0.25, 0.3) is 0 Å². The van der Waals surface area contributed by atoms with E-state index in [9.17, 15) is 0 Å². The summed E-state index contributed by atoms with van der Waals surface area (Å²) in [6.07, 6.45) is 0. The SMILES string of the molecule is CCOCc1nc(Cl)cc(Nc2c(C)cccc2Cl)n1. The van der Waals surface area contributed by atoms with Gasteiger partial charge in [0.15, 0.2) is 5.82 Å². The Morgan fingerprint density at radius 2 is 2.05 bits per heavy atom. The van der Waals surface area contributed by atoms with Crippen LogP contribution in [0.4, 0.5) is 11.5 Å². The minimum atomic E-state index is 0.327. The monoisotopic (exact) mass is 311 g/mol. The summed E-state index contributed by atoms with van der Waals surface area (Å²) in [4.78, 5) is 8.47. The minimum Gasteiger partial charge on any atom is -0.374 e. The van der Waals surface area contributed by atoms with Gasteiger partial charge in [-0.25, -0.2) is 9.97 Å². The van der Waals surface area contributed by atoms with Crippen LogP contribution in [0.15, 0.2) is 24.3 Å². The number of hydrogen-bond donors (Lipinski definition) is 1. The van der Waals surface area contributed by atoms with Crippen LogP contribution in [-0.4, -0.2) is 16.6 Å². The average molecular weight is 312 g/mol. The first kappa shape index (κ1) is 15.0. The first-order chi connectivity index (χ1) is 9.60. The lowest BCUT2D eigenvalue weighted by molar-refractivity contribution is 0.128. The predicted octanol–water partition coefficient (Wildman–Crippen LogP) is 4.37. The third-order valence-corrected chi connectivity index (χ3v) is 3.16. The lowest BCUT2D eigenvalue weighted by Crippen LogP contribution is -2.03. The molecule has 1 N–H and O–H groups in total. The Morgan fingerprint density at radius 1 is 1.25 bits per heavy atom. The van der Waals surface area contributed by atoms with E-state index in [-0.39, 0.29) is 0 Å². The van der Waals surface area contributed by atoms with Crippen molar-refractivity contribution in [1.82, 2.24) is 9.97 Å². The quantitative estimate of drug-likeness (QED) is 0.833. The van der Waals surface area contributed by atoms with E-state index >= 15 is 0 Å². The molecule has 2 rings (SSSR count). The molecule has 2 aromatic rings. The van der Waals surface area contributed by atoms with Gasteiger partial charge in [-0.3, -0.25) is 0 Å². The van der Waals surface area contributed by atoms with Crippen LogP contribution in [0.2, 0.25) is 10.2 Å².